The van der Waals surface area contributed by atoms with E-state index >= 15 is 0 Å². The minimum atomic E-state index is -0.854. The Labute approximate surface area is 119 Å². The van der Waals surface area contributed by atoms with E-state index in [0.717, 1.165) is 5.69 Å². The van der Waals surface area contributed by atoms with E-state index in [1.165, 1.54) is 15.9 Å². The minimum absolute atomic E-state index is 0.0934. The molecule has 1 N–H and O–H groups in total. The van der Waals surface area contributed by atoms with Gasteiger partial charge in [0.15, 0.2) is 0 Å². The third-order valence-electron chi connectivity index (χ3n) is 2.52. The van der Waals surface area contributed by atoms with E-state index in [1.54, 1.807) is 19.0 Å². The second kappa shape index (κ2) is 6.78. The SMILES string of the molecule is CN(C)C(=O)CNc1ccc([As]2SCCS2)cc1. The Morgan fingerprint density at radius 3 is 2.44 bits per heavy atom. The van der Waals surface area contributed by atoms with E-state index in [2.05, 4.69) is 49.6 Å². The maximum atomic E-state index is 11.5. The van der Waals surface area contributed by atoms with Gasteiger partial charge in [-0.25, -0.2) is 0 Å². The predicted molar refractivity (Wildman–Crippen MR) is 83.9 cm³/mol. The van der Waals surface area contributed by atoms with Crippen LogP contribution >= 0.6 is 20.0 Å². The van der Waals surface area contributed by atoms with Crippen molar-refractivity contribution >= 4 is 48.3 Å². The molecule has 1 amide bonds. The van der Waals surface area contributed by atoms with Gasteiger partial charge >= 0.3 is 120 Å². The Hall–Kier alpha value is -0.252. The third kappa shape index (κ3) is 3.87. The molecule has 1 aromatic rings. The molecule has 0 radical (unpaired) electrons. The molecule has 2 rings (SSSR count). The van der Waals surface area contributed by atoms with Crippen molar-refractivity contribution in [2.24, 2.45) is 0 Å². The molecule has 0 spiro atoms. The maximum absolute atomic E-state index is 11.5. The molecule has 0 saturated carbocycles. The Balaban J connectivity index is 1.89. The van der Waals surface area contributed by atoms with Crippen LogP contribution in [0, 0.1) is 0 Å². The van der Waals surface area contributed by atoms with Gasteiger partial charge in [-0.2, -0.15) is 0 Å². The zero-order valence-electron chi connectivity index (χ0n) is 10.5. The summed E-state index contributed by atoms with van der Waals surface area (Å²) in [5.74, 6) is 2.71. The van der Waals surface area contributed by atoms with Crippen LogP contribution in [-0.2, 0) is 4.79 Å². The van der Waals surface area contributed by atoms with E-state index in [9.17, 15) is 4.79 Å². The van der Waals surface area contributed by atoms with Gasteiger partial charge in [-0.3, -0.25) is 0 Å². The van der Waals surface area contributed by atoms with E-state index < -0.39 is 12.3 Å². The fourth-order valence-corrected chi connectivity index (χ4v) is 15.6. The summed E-state index contributed by atoms with van der Waals surface area (Å²) in [5.41, 5.74) is 1.03. The number of anilines is 1. The molecule has 0 atom stereocenters. The van der Waals surface area contributed by atoms with Gasteiger partial charge in [0, 0.05) is 0 Å². The summed E-state index contributed by atoms with van der Waals surface area (Å²) in [7, 11) is 7.84. The quantitative estimate of drug-likeness (QED) is 0.836. The zero-order valence-corrected chi connectivity index (χ0v) is 14.1. The van der Waals surface area contributed by atoms with Crippen molar-refractivity contribution in [3.8, 4) is 0 Å². The normalized spacial score (nSPS) is 15.7. The summed E-state index contributed by atoms with van der Waals surface area (Å²) in [6, 6.07) is 8.61. The number of rotatable bonds is 4. The van der Waals surface area contributed by atoms with Gasteiger partial charge in [0.05, 0.1) is 0 Å². The molecule has 1 aliphatic rings. The number of hydrogen-bond acceptors (Lipinski definition) is 4. The number of carbonyl (C=O) groups excluding carboxylic acids is 1. The summed E-state index contributed by atoms with van der Waals surface area (Å²) in [6.07, 6.45) is 0. The number of benzene rings is 1. The van der Waals surface area contributed by atoms with Crippen molar-refractivity contribution in [1.29, 1.82) is 0 Å². The number of nitrogens with zero attached hydrogens (tertiary/aromatic N) is 1. The van der Waals surface area contributed by atoms with E-state index in [4.69, 9.17) is 0 Å². The number of hydrogen-bond donors (Lipinski definition) is 1. The van der Waals surface area contributed by atoms with E-state index in [-0.39, 0.29) is 5.91 Å². The first-order valence-electron chi connectivity index (χ1n) is 5.77. The molecule has 0 aromatic heterocycles. The van der Waals surface area contributed by atoms with Crippen LogP contribution in [-0.4, -0.2) is 55.3 Å². The summed E-state index contributed by atoms with van der Waals surface area (Å²) < 4.78 is 1.51. The van der Waals surface area contributed by atoms with Crippen LogP contribution in [0.5, 0.6) is 0 Å². The van der Waals surface area contributed by atoms with Crippen molar-refractivity contribution in [3.63, 3.8) is 0 Å². The second-order valence-corrected chi connectivity index (χ2v) is 15.9. The van der Waals surface area contributed by atoms with Crippen LogP contribution in [0.2, 0.25) is 0 Å². The van der Waals surface area contributed by atoms with Gasteiger partial charge in [-0.15, -0.1) is 0 Å². The number of amides is 1. The van der Waals surface area contributed by atoms with Gasteiger partial charge in [0.25, 0.3) is 0 Å². The van der Waals surface area contributed by atoms with E-state index in [0.29, 0.717) is 6.54 Å². The monoisotopic (exact) mass is 344 g/mol. The van der Waals surface area contributed by atoms with Crippen LogP contribution in [0.15, 0.2) is 24.3 Å². The second-order valence-electron chi connectivity index (χ2n) is 4.11. The molecule has 3 nitrogen and oxygen atoms in total. The van der Waals surface area contributed by atoms with Gasteiger partial charge in [-0.05, 0) is 0 Å². The molecule has 0 aliphatic carbocycles. The molecule has 1 aromatic carbocycles. The molecule has 1 aliphatic heterocycles. The van der Waals surface area contributed by atoms with Crippen LogP contribution in [0.4, 0.5) is 5.69 Å². The number of likely N-dealkylation sites (N-methyl/N-ethyl adjacent to an activating group) is 1. The third-order valence-corrected chi connectivity index (χ3v) is 16.3. The van der Waals surface area contributed by atoms with E-state index in [1.807, 2.05) is 0 Å². The molecule has 1 saturated heterocycles. The first kappa shape index (κ1) is 14.2. The summed E-state index contributed by atoms with van der Waals surface area (Å²) in [5, 5.41) is 3.15. The first-order chi connectivity index (χ1) is 8.66. The van der Waals surface area contributed by atoms with Gasteiger partial charge in [-0.1, -0.05) is 0 Å². The Kier molecular flexibility index (Phi) is 5.34. The van der Waals surface area contributed by atoms with Crippen molar-refractivity contribution in [2.45, 2.75) is 0 Å². The predicted octanol–water partition coefficient (Wildman–Crippen LogP) is 1.36. The fourth-order valence-electron chi connectivity index (χ4n) is 1.46. The summed E-state index contributed by atoms with van der Waals surface area (Å²) in [4.78, 5) is 13.1. The molecular weight excluding hydrogens is 327 g/mol. The molecule has 1 fully saturated rings. The fraction of sp³-hybridized carbons (Fsp3) is 0.417. The first-order valence-corrected chi connectivity index (χ1v) is 13.2. The average molecular weight is 344 g/mol. The summed E-state index contributed by atoms with van der Waals surface area (Å²) in [6.45, 7) is 0.358. The van der Waals surface area contributed by atoms with Crippen LogP contribution in [0.1, 0.15) is 0 Å². The number of carbonyl (C=O) groups is 1. The topological polar surface area (TPSA) is 32.3 Å². The molecule has 18 heavy (non-hydrogen) atoms. The molecule has 0 bridgehead atoms. The number of nitrogens with one attached hydrogen (secondary N) is 1. The molecule has 6 heteroatoms. The zero-order chi connectivity index (χ0) is 13.0. The molecular formula is C12H17AsN2OS2. The van der Waals surface area contributed by atoms with Crippen molar-refractivity contribution in [1.82, 2.24) is 4.90 Å². The van der Waals surface area contributed by atoms with Gasteiger partial charge in [0.2, 0.25) is 0 Å². The molecule has 0 unspecified atom stereocenters. The van der Waals surface area contributed by atoms with Crippen LogP contribution < -0.4 is 9.67 Å². The Bertz CT molecular complexity index is 405. The van der Waals surface area contributed by atoms with Crippen LogP contribution in [0.3, 0.4) is 0 Å². The Morgan fingerprint density at radius 2 is 1.89 bits per heavy atom. The summed E-state index contributed by atoms with van der Waals surface area (Å²) >= 11 is -0.854. The molecule has 98 valence electrons. The van der Waals surface area contributed by atoms with Gasteiger partial charge in [0.1, 0.15) is 0 Å². The molecule has 1 heterocycles. The Morgan fingerprint density at radius 1 is 1.28 bits per heavy atom. The van der Waals surface area contributed by atoms with Gasteiger partial charge < -0.3 is 0 Å². The van der Waals surface area contributed by atoms with Crippen molar-refractivity contribution < 1.29 is 4.79 Å². The standard InChI is InChI=1S/C12H17AsN2OS2/c1-15(2)12(16)9-14-11-5-3-10(4-6-11)13-17-7-8-18-13/h3-6,14H,7-9H2,1-2H3. The van der Waals surface area contributed by atoms with Crippen molar-refractivity contribution in [3.05, 3.63) is 24.3 Å². The average Bonchev–Trinajstić information content (AvgIpc) is 2.90. The van der Waals surface area contributed by atoms with Crippen LogP contribution in [0.25, 0.3) is 0 Å². The van der Waals surface area contributed by atoms with Crippen molar-refractivity contribution in [2.75, 3.05) is 37.5 Å².